The van der Waals surface area contributed by atoms with Crippen LogP contribution in [0.25, 0.3) is 0 Å². The Balaban J connectivity index is 1.72. The van der Waals surface area contributed by atoms with E-state index in [2.05, 4.69) is 0 Å². The molecular formula is C12H21NO4. The van der Waals surface area contributed by atoms with Gasteiger partial charge in [0, 0.05) is 32.5 Å². The van der Waals surface area contributed by atoms with E-state index in [4.69, 9.17) is 14.2 Å². The van der Waals surface area contributed by atoms with E-state index in [9.17, 15) is 4.79 Å². The Morgan fingerprint density at radius 2 is 1.94 bits per heavy atom. The largest absolute Gasteiger partial charge is 0.381 e. The molecule has 0 aromatic carbocycles. The zero-order valence-electron chi connectivity index (χ0n) is 10.4. The van der Waals surface area contributed by atoms with Crippen molar-refractivity contribution < 1.29 is 19.0 Å². The van der Waals surface area contributed by atoms with Gasteiger partial charge < -0.3 is 19.1 Å². The maximum Gasteiger partial charge on any atom is 0.224 e. The van der Waals surface area contributed by atoms with E-state index < -0.39 is 5.79 Å². The van der Waals surface area contributed by atoms with Crippen molar-refractivity contribution in [1.82, 2.24) is 4.90 Å². The molecule has 0 bridgehead atoms. The molecule has 2 aliphatic rings. The predicted molar refractivity (Wildman–Crippen MR) is 61.6 cm³/mol. The van der Waals surface area contributed by atoms with E-state index in [1.165, 1.54) is 0 Å². The summed E-state index contributed by atoms with van der Waals surface area (Å²) >= 11 is 0. The number of hydrogen-bond donors (Lipinski definition) is 0. The third-order valence-electron chi connectivity index (χ3n) is 3.36. The van der Waals surface area contributed by atoms with Gasteiger partial charge in [0.25, 0.3) is 0 Å². The second-order valence-corrected chi connectivity index (χ2v) is 4.44. The van der Waals surface area contributed by atoms with Gasteiger partial charge in [0.05, 0.1) is 26.2 Å². The number of likely N-dealkylation sites (tertiary alicyclic amines) is 1. The maximum absolute atomic E-state index is 11.8. The Labute approximate surface area is 102 Å². The number of carbonyl (C=O) groups is 1. The van der Waals surface area contributed by atoms with E-state index in [0.717, 1.165) is 25.9 Å². The van der Waals surface area contributed by atoms with Crippen LogP contribution in [0.2, 0.25) is 0 Å². The molecule has 5 heteroatoms. The summed E-state index contributed by atoms with van der Waals surface area (Å²) in [5.41, 5.74) is 0. The van der Waals surface area contributed by atoms with Gasteiger partial charge in [0.15, 0.2) is 5.79 Å². The number of rotatable bonds is 4. The third kappa shape index (κ3) is 3.18. The number of nitrogens with zero attached hydrogens (tertiary/aromatic N) is 1. The van der Waals surface area contributed by atoms with Crippen LogP contribution < -0.4 is 0 Å². The van der Waals surface area contributed by atoms with Crippen molar-refractivity contribution in [2.45, 2.75) is 32.0 Å². The van der Waals surface area contributed by atoms with Gasteiger partial charge in [0.1, 0.15) is 0 Å². The minimum absolute atomic E-state index is 0.172. The Morgan fingerprint density at radius 3 is 2.53 bits per heavy atom. The summed E-state index contributed by atoms with van der Waals surface area (Å²) in [4.78, 5) is 13.7. The predicted octanol–water partition coefficient (Wildman–Crippen LogP) is 0.778. The third-order valence-corrected chi connectivity index (χ3v) is 3.36. The SMILES string of the molecule is CCOCCC(=O)N1CCC2(CC1)OCCO2. The molecular weight excluding hydrogens is 222 g/mol. The molecule has 1 amide bonds. The lowest BCUT2D eigenvalue weighted by Crippen LogP contribution is -2.47. The van der Waals surface area contributed by atoms with Crippen LogP contribution in [0.5, 0.6) is 0 Å². The first-order valence-corrected chi connectivity index (χ1v) is 6.39. The van der Waals surface area contributed by atoms with Crippen LogP contribution in [0.3, 0.4) is 0 Å². The van der Waals surface area contributed by atoms with Crippen LogP contribution >= 0.6 is 0 Å². The molecule has 2 heterocycles. The molecule has 0 aromatic heterocycles. The second-order valence-electron chi connectivity index (χ2n) is 4.44. The van der Waals surface area contributed by atoms with Crippen molar-refractivity contribution in [3.63, 3.8) is 0 Å². The van der Waals surface area contributed by atoms with E-state index in [-0.39, 0.29) is 5.91 Å². The number of ether oxygens (including phenoxy) is 3. The van der Waals surface area contributed by atoms with Gasteiger partial charge in [0.2, 0.25) is 5.91 Å². The summed E-state index contributed by atoms with van der Waals surface area (Å²) in [6.07, 6.45) is 2.04. The zero-order chi connectivity index (χ0) is 12.1. The van der Waals surface area contributed by atoms with Crippen LogP contribution in [-0.2, 0) is 19.0 Å². The van der Waals surface area contributed by atoms with Gasteiger partial charge in [-0.3, -0.25) is 4.79 Å². The first-order chi connectivity index (χ1) is 8.26. The normalized spacial score (nSPS) is 23.2. The lowest BCUT2D eigenvalue weighted by Gasteiger charge is -2.37. The number of piperidine rings is 1. The highest BCUT2D eigenvalue weighted by atomic mass is 16.7. The van der Waals surface area contributed by atoms with Crippen LogP contribution in [-0.4, -0.2) is 56.1 Å². The molecule has 0 atom stereocenters. The lowest BCUT2D eigenvalue weighted by atomic mass is 10.0. The van der Waals surface area contributed by atoms with Crippen molar-refractivity contribution >= 4 is 5.91 Å². The van der Waals surface area contributed by atoms with Crippen molar-refractivity contribution in [2.24, 2.45) is 0 Å². The van der Waals surface area contributed by atoms with Crippen molar-refractivity contribution in [3.05, 3.63) is 0 Å². The number of amides is 1. The van der Waals surface area contributed by atoms with Gasteiger partial charge in [-0.05, 0) is 6.92 Å². The monoisotopic (exact) mass is 243 g/mol. The Kier molecular flexibility index (Phi) is 4.36. The zero-order valence-corrected chi connectivity index (χ0v) is 10.4. The quantitative estimate of drug-likeness (QED) is 0.685. The average molecular weight is 243 g/mol. The fourth-order valence-electron chi connectivity index (χ4n) is 2.34. The summed E-state index contributed by atoms with van der Waals surface area (Å²) in [7, 11) is 0. The first kappa shape index (κ1) is 12.8. The average Bonchev–Trinajstić information content (AvgIpc) is 2.79. The molecule has 0 saturated carbocycles. The van der Waals surface area contributed by atoms with E-state index >= 15 is 0 Å². The minimum Gasteiger partial charge on any atom is -0.381 e. The van der Waals surface area contributed by atoms with E-state index in [0.29, 0.717) is 32.8 Å². The topological polar surface area (TPSA) is 48.0 Å². The standard InChI is InChI=1S/C12H21NO4/c1-2-15-8-3-11(14)13-6-4-12(5-7-13)16-9-10-17-12/h2-10H2,1H3. The molecule has 1 spiro atoms. The number of carbonyl (C=O) groups excluding carboxylic acids is 1. The Morgan fingerprint density at radius 1 is 1.29 bits per heavy atom. The van der Waals surface area contributed by atoms with Crippen LogP contribution in [0.1, 0.15) is 26.2 Å². The minimum atomic E-state index is -0.392. The maximum atomic E-state index is 11.8. The summed E-state index contributed by atoms with van der Waals surface area (Å²) < 4.78 is 16.4. The highest BCUT2D eigenvalue weighted by Crippen LogP contribution is 2.31. The van der Waals surface area contributed by atoms with Gasteiger partial charge in [-0.25, -0.2) is 0 Å². The lowest BCUT2D eigenvalue weighted by molar-refractivity contribution is -0.187. The summed E-state index contributed by atoms with van der Waals surface area (Å²) in [5.74, 6) is -0.220. The first-order valence-electron chi connectivity index (χ1n) is 6.39. The van der Waals surface area contributed by atoms with Gasteiger partial charge in [-0.1, -0.05) is 0 Å². The highest BCUT2D eigenvalue weighted by Gasteiger charge is 2.40. The Hall–Kier alpha value is -0.650. The molecule has 2 fully saturated rings. The van der Waals surface area contributed by atoms with Gasteiger partial charge in [-0.2, -0.15) is 0 Å². The van der Waals surface area contributed by atoms with Crippen LogP contribution in [0.4, 0.5) is 0 Å². The molecule has 98 valence electrons. The molecule has 0 radical (unpaired) electrons. The van der Waals surface area contributed by atoms with Crippen molar-refractivity contribution in [3.8, 4) is 0 Å². The summed E-state index contributed by atoms with van der Waals surface area (Å²) in [5, 5.41) is 0. The smallest absolute Gasteiger partial charge is 0.224 e. The molecule has 2 rings (SSSR count). The van der Waals surface area contributed by atoms with E-state index in [1.807, 2.05) is 11.8 Å². The molecule has 5 nitrogen and oxygen atoms in total. The van der Waals surface area contributed by atoms with Gasteiger partial charge in [-0.15, -0.1) is 0 Å². The molecule has 0 aliphatic carbocycles. The van der Waals surface area contributed by atoms with Gasteiger partial charge >= 0.3 is 0 Å². The molecule has 2 aliphatic heterocycles. The van der Waals surface area contributed by atoms with Crippen molar-refractivity contribution in [2.75, 3.05) is 39.5 Å². The van der Waals surface area contributed by atoms with Crippen LogP contribution in [0.15, 0.2) is 0 Å². The molecule has 17 heavy (non-hydrogen) atoms. The molecule has 0 N–H and O–H groups in total. The summed E-state index contributed by atoms with van der Waals surface area (Å²) in [6.45, 7) is 5.93. The fraction of sp³-hybridized carbons (Fsp3) is 0.917. The van der Waals surface area contributed by atoms with E-state index in [1.54, 1.807) is 0 Å². The van der Waals surface area contributed by atoms with Crippen LogP contribution in [0, 0.1) is 0 Å². The second kappa shape index (κ2) is 5.80. The van der Waals surface area contributed by atoms with Crippen molar-refractivity contribution in [1.29, 1.82) is 0 Å². The summed E-state index contributed by atoms with van der Waals surface area (Å²) in [6, 6.07) is 0. The number of hydrogen-bond acceptors (Lipinski definition) is 4. The fourth-order valence-corrected chi connectivity index (χ4v) is 2.34. The molecule has 2 saturated heterocycles. The Bertz CT molecular complexity index is 253. The highest BCUT2D eigenvalue weighted by molar-refractivity contribution is 5.76. The molecule has 0 unspecified atom stereocenters. The molecule has 0 aromatic rings.